The van der Waals surface area contributed by atoms with Crippen LogP contribution in [0.3, 0.4) is 0 Å². The standard InChI is InChI=1S/C42H26N4/c1-3-10-27(11-4-1)35-25-37(45-41-33(35)20-18-29-16-8-22-43-39(29)41)31-14-7-15-32(24-31)38-26-36(28-12-5-2-6-13-28)34-21-19-30-17-9-23-44-40(30)42(34)46-38/h1-26H. The SMILES string of the molecule is c1ccc(-c2cc(-c3cccc(-c4cc(-c5ccccc5)c5ccc6cccnc6c5n4)c3)nc3c2ccc2cccnc23)cc1. The van der Waals surface area contributed by atoms with Crippen molar-refractivity contribution in [3.63, 3.8) is 0 Å². The van der Waals surface area contributed by atoms with E-state index in [-0.39, 0.29) is 0 Å². The summed E-state index contributed by atoms with van der Waals surface area (Å²) < 4.78 is 0. The topological polar surface area (TPSA) is 51.6 Å². The van der Waals surface area contributed by atoms with Crippen LogP contribution in [0, 0.1) is 0 Å². The zero-order valence-corrected chi connectivity index (χ0v) is 24.8. The van der Waals surface area contributed by atoms with E-state index in [0.717, 1.165) is 88.4 Å². The Balaban J connectivity index is 1.28. The molecular formula is C42H26N4. The number of rotatable bonds is 4. The summed E-state index contributed by atoms with van der Waals surface area (Å²) in [5, 5.41) is 4.31. The molecule has 0 spiro atoms. The number of pyridine rings is 4. The number of hydrogen-bond donors (Lipinski definition) is 0. The Bertz CT molecular complexity index is 2400. The Morgan fingerprint density at radius 2 is 0.783 bits per heavy atom. The molecule has 0 amide bonds. The highest BCUT2D eigenvalue weighted by molar-refractivity contribution is 6.10. The fraction of sp³-hybridized carbons (Fsp3) is 0. The van der Waals surface area contributed by atoms with Gasteiger partial charge in [-0.15, -0.1) is 0 Å². The highest BCUT2D eigenvalue weighted by atomic mass is 14.8. The Hall–Kier alpha value is -6.26. The predicted octanol–water partition coefficient (Wildman–Crippen LogP) is 10.5. The Morgan fingerprint density at radius 1 is 0.326 bits per heavy atom. The van der Waals surface area contributed by atoms with E-state index >= 15 is 0 Å². The summed E-state index contributed by atoms with van der Waals surface area (Å²) >= 11 is 0. The second-order valence-corrected chi connectivity index (χ2v) is 11.5. The second kappa shape index (κ2) is 10.7. The van der Waals surface area contributed by atoms with Gasteiger partial charge in [-0.1, -0.05) is 115 Å². The quantitative estimate of drug-likeness (QED) is 0.193. The maximum Gasteiger partial charge on any atom is 0.0978 e. The lowest BCUT2D eigenvalue weighted by molar-refractivity contribution is 1.36. The first-order valence-electron chi connectivity index (χ1n) is 15.4. The maximum absolute atomic E-state index is 5.26. The van der Waals surface area contributed by atoms with Gasteiger partial charge in [0.15, 0.2) is 0 Å². The van der Waals surface area contributed by atoms with Crippen LogP contribution in [-0.4, -0.2) is 19.9 Å². The molecule has 46 heavy (non-hydrogen) atoms. The average Bonchev–Trinajstić information content (AvgIpc) is 3.14. The minimum Gasteiger partial charge on any atom is -0.254 e. The van der Waals surface area contributed by atoms with E-state index in [1.54, 1.807) is 0 Å². The van der Waals surface area contributed by atoms with Crippen molar-refractivity contribution >= 4 is 43.6 Å². The van der Waals surface area contributed by atoms with Crippen molar-refractivity contribution in [2.75, 3.05) is 0 Å². The van der Waals surface area contributed by atoms with Gasteiger partial charge in [0.1, 0.15) is 0 Å². The van der Waals surface area contributed by atoms with Crippen LogP contribution >= 0.6 is 0 Å². The lowest BCUT2D eigenvalue weighted by atomic mass is 9.95. The Kier molecular flexibility index (Phi) is 6.10. The van der Waals surface area contributed by atoms with Crippen LogP contribution in [-0.2, 0) is 0 Å². The number of hydrogen-bond acceptors (Lipinski definition) is 4. The molecule has 0 saturated heterocycles. The smallest absolute Gasteiger partial charge is 0.0978 e. The van der Waals surface area contributed by atoms with Gasteiger partial charge >= 0.3 is 0 Å². The monoisotopic (exact) mass is 586 g/mol. The third-order valence-electron chi connectivity index (χ3n) is 8.73. The van der Waals surface area contributed by atoms with Crippen molar-refractivity contribution in [1.82, 2.24) is 19.9 Å². The van der Waals surface area contributed by atoms with E-state index in [2.05, 4.69) is 121 Å². The summed E-state index contributed by atoms with van der Waals surface area (Å²) in [5.41, 5.74) is 12.0. The van der Waals surface area contributed by atoms with Crippen LogP contribution in [0.1, 0.15) is 0 Å². The Morgan fingerprint density at radius 3 is 1.26 bits per heavy atom. The highest BCUT2D eigenvalue weighted by Gasteiger charge is 2.16. The summed E-state index contributed by atoms with van der Waals surface area (Å²) in [4.78, 5) is 20.0. The molecule has 0 aliphatic rings. The molecule has 0 unspecified atom stereocenters. The van der Waals surface area contributed by atoms with E-state index < -0.39 is 0 Å². The van der Waals surface area contributed by atoms with Crippen LogP contribution in [0.25, 0.3) is 88.4 Å². The van der Waals surface area contributed by atoms with Gasteiger partial charge in [-0.3, -0.25) is 9.97 Å². The molecule has 0 saturated carbocycles. The van der Waals surface area contributed by atoms with E-state index in [0.29, 0.717) is 0 Å². The molecule has 0 atom stereocenters. The van der Waals surface area contributed by atoms with E-state index in [4.69, 9.17) is 19.9 Å². The van der Waals surface area contributed by atoms with Crippen LogP contribution < -0.4 is 0 Å². The summed E-state index contributed by atoms with van der Waals surface area (Å²) in [6, 6.07) is 50.7. The first-order valence-corrected chi connectivity index (χ1v) is 15.4. The molecule has 0 fully saturated rings. The minimum absolute atomic E-state index is 0.891. The molecule has 5 aromatic carbocycles. The van der Waals surface area contributed by atoms with Gasteiger partial charge in [-0.05, 0) is 52.6 Å². The summed E-state index contributed by atoms with van der Waals surface area (Å²) in [5.74, 6) is 0. The van der Waals surface area contributed by atoms with Crippen molar-refractivity contribution in [2.24, 2.45) is 0 Å². The van der Waals surface area contributed by atoms with Crippen LogP contribution in [0.2, 0.25) is 0 Å². The molecule has 0 aliphatic heterocycles. The molecule has 0 N–H and O–H groups in total. The van der Waals surface area contributed by atoms with Gasteiger partial charge in [-0.2, -0.15) is 0 Å². The van der Waals surface area contributed by atoms with Crippen molar-refractivity contribution in [3.05, 3.63) is 158 Å². The fourth-order valence-electron chi connectivity index (χ4n) is 6.50. The highest BCUT2D eigenvalue weighted by Crippen LogP contribution is 2.38. The molecule has 214 valence electrons. The van der Waals surface area contributed by atoms with Crippen LogP contribution in [0.15, 0.2) is 158 Å². The largest absolute Gasteiger partial charge is 0.254 e. The summed E-state index contributed by atoms with van der Waals surface area (Å²) in [6.45, 7) is 0. The van der Waals surface area contributed by atoms with Gasteiger partial charge in [-0.25, -0.2) is 9.97 Å². The van der Waals surface area contributed by atoms with Crippen molar-refractivity contribution < 1.29 is 0 Å². The number of aromatic nitrogens is 4. The predicted molar refractivity (Wildman–Crippen MR) is 189 cm³/mol. The maximum atomic E-state index is 5.26. The molecule has 0 radical (unpaired) electrons. The first kappa shape index (κ1) is 26.2. The average molecular weight is 587 g/mol. The van der Waals surface area contributed by atoms with Gasteiger partial charge < -0.3 is 0 Å². The van der Waals surface area contributed by atoms with E-state index in [1.807, 2.05) is 36.7 Å². The number of nitrogens with zero attached hydrogens (tertiary/aromatic N) is 4. The first-order chi connectivity index (χ1) is 22.8. The molecule has 4 heterocycles. The van der Waals surface area contributed by atoms with Gasteiger partial charge in [0.25, 0.3) is 0 Å². The lowest BCUT2D eigenvalue weighted by Crippen LogP contribution is -1.94. The van der Waals surface area contributed by atoms with Crippen molar-refractivity contribution in [2.45, 2.75) is 0 Å². The molecule has 9 rings (SSSR count). The van der Waals surface area contributed by atoms with E-state index in [9.17, 15) is 0 Å². The normalized spacial score (nSPS) is 11.5. The summed E-state index contributed by atoms with van der Waals surface area (Å²) in [6.07, 6.45) is 3.68. The molecule has 4 aromatic heterocycles. The van der Waals surface area contributed by atoms with Gasteiger partial charge in [0.05, 0.1) is 33.5 Å². The van der Waals surface area contributed by atoms with Crippen molar-refractivity contribution in [3.8, 4) is 44.8 Å². The number of fused-ring (bicyclic) bond motifs is 6. The molecule has 4 heteroatoms. The third-order valence-corrected chi connectivity index (χ3v) is 8.73. The van der Waals surface area contributed by atoms with Gasteiger partial charge in [0.2, 0.25) is 0 Å². The molecule has 0 aliphatic carbocycles. The second-order valence-electron chi connectivity index (χ2n) is 11.5. The van der Waals surface area contributed by atoms with Crippen LogP contribution in [0.4, 0.5) is 0 Å². The van der Waals surface area contributed by atoms with Gasteiger partial charge in [0, 0.05) is 45.1 Å². The fourth-order valence-corrected chi connectivity index (χ4v) is 6.50. The zero-order valence-electron chi connectivity index (χ0n) is 24.8. The minimum atomic E-state index is 0.891. The van der Waals surface area contributed by atoms with Crippen molar-refractivity contribution in [1.29, 1.82) is 0 Å². The molecule has 9 aromatic rings. The Labute approximate surface area is 265 Å². The zero-order chi connectivity index (χ0) is 30.5. The third kappa shape index (κ3) is 4.39. The lowest BCUT2D eigenvalue weighted by Gasteiger charge is -2.14. The summed E-state index contributed by atoms with van der Waals surface area (Å²) in [7, 11) is 0. The molecule has 4 nitrogen and oxygen atoms in total. The number of benzene rings is 5. The van der Waals surface area contributed by atoms with Crippen LogP contribution in [0.5, 0.6) is 0 Å². The molecule has 0 bridgehead atoms. The van der Waals surface area contributed by atoms with E-state index in [1.165, 1.54) is 0 Å². The molecular weight excluding hydrogens is 560 g/mol.